The van der Waals surface area contributed by atoms with Gasteiger partial charge in [-0.05, 0) is 38.8 Å². The van der Waals surface area contributed by atoms with Crippen LogP contribution in [0, 0.1) is 0 Å². The van der Waals surface area contributed by atoms with Gasteiger partial charge in [0.05, 0.1) is 18.8 Å². The summed E-state index contributed by atoms with van der Waals surface area (Å²) in [7, 11) is 3.74. The van der Waals surface area contributed by atoms with Crippen molar-refractivity contribution in [2.24, 2.45) is 4.99 Å². The van der Waals surface area contributed by atoms with Crippen molar-refractivity contribution >= 4 is 41.3 Å². The maximum atomic E-state index is 5.71. The Morgan fingerprint density at radius 2 is 2.07 bits per heavy atom. The molecule has 0 aliphatic carbocycles. The van der Waals surface area contributed by atoms with E-state index >= 15 is 0 Å². The second-order valence-corrected chi connectivity index (χ2v) is 7.33. The maximum Gasteiger partial charge on any atom is 0.194 e. The molecule has 1 heterocycles. The predicted molar refractivity (Wildman–Crippen MR) is 132 cm³/mol. The number of guanidine groups is 1. The third-order valence-electron chi connectivity index (χ3n) is 4.28. The number of aromatic nitrogens is 1. The fourth-order valence-electron chi connectivity index (χ4n) is 2.76. The first-order chi connectivity index (χ1) is 13.6. The Labute approximate surface area is 195 Å². The Balaban J connectivity index is 0.00000420. The summed E-state index contributed by atoms with van der Waals surface area (Å²) in [4.78, 5) is 11.6. The van der Waals surface area contributed by atoms with Crippen LogP contribution in [0.4, 0.5) is 0 Å². The van der Waals surface area contributed by atoms with Crippen LogP contribution in [0.15, 0.2) is 34.6 Å². The van der Waals surface area contributed by atoms with Gasteiger partial charge in [-0.15, -0.1) is 35.3 Å². The van der Waals surface area contributed by atoms with E-state index < -0.39 is 0 Å². The van der Waals surface area contributed by atoms with Gasteiger partial charge in [-0.1, -0.05) is 18.2 Å². The van der Waals surface area contributed by atoms with Gasteiger partial charge in [0.25, 0.3) is 0 Å². The van der Waals surface area contributed by atoms with E-state index in [0.717, 1.165) is 35.4 Å². The third kappa shape index (κ3) is 8.10. The van der Waals surface area contributed by atoms with Crippen LogP contribution in [0.3, 0.4) is 0 Å². The fraction of sp³-hybridized carbons (Fsp3) is 0.524. The average molecular weight is 532 g/mol. The van der Waals surface area contributed by atoms with Gasteiger partial charge in [-0.2, -0.15) is 0 Å². The quantitative estimate of drug-likeness (QED) is 0.277. The lowest BCUT2D eigenvalue weighted by Gasteiger charge is -2.21. The van der Waals surface area contributed by atoms with Gasteiger partial charge in [0, 0.05) is 32.6 Å². The summed E-state index contributed by atoms with van der Waals surface area (Å²) in [6.45, 7) is 8.98. The van der Waals surface area contributed by atoms with E-state index in [4.69, 9.17) is 14.5 Å². The first-order valence-electron chi connectivity index (χ1n) is 9.76. The molecular formula is C21H33IN4O2S. The van der Waals surface area contributed by atoms with Crippen molar-refractivity contribution < 1.29 is 9.47 Å². The third-order valence-corrected chi connectivity index (χ3v) is 5.34. The van der Waals surface area contributed by atoms with E-state index in [2.05, 4.69) is 33.6 Å². The van der Waals surface area contributed by atoms with Gasteiger partial charge in [-0.3, -0.25) is 4.99 Å². The molecule has 0 saturated heterocycles. The number of halogens is 1. The van der Waals surface area contributed by atoms with Gasteiger partial charge in [0.1, 0.15) is 16.9 Å². The van der Waals surface area contributed by atoms with Gasteiger partial charge in [0.15, 0.2) is 5.96 Å². The molecule has 6 nitrogen and oxygen atoms in total. The molecule has 0 spiro atoms. The van der Waals surface area contributed by atoms with Gasteiger partial charge < -0.3 is 19.7 Å². The largest absolute Gasteiger partial charge is 0.494 e. The summed E-state index contributed by atoms with van der Waals surface area (Å²) in [5.74, 6) is 1.83. The topological polar surface area (TPSA) is 59.0 Å². The van der Waals surface area contributed by atoms with Crippen LogP contribution in [0.5, 0.6) is 5.75 Å². The second-order valence-electron chi connectivity index (χ2n) is 6.44. The summed E-state index contributed by atoms with van der Waals surface area (Å²) < 4.78 is 11.1. The molecule has 1 atom stereocenters. The van der Waals surface area contributed by atoms with Crippen LogP contribution in [0.2, 0.25) is 0 Å². The molecule has 1 N–H and O–H groups in total. The Bertz CT molecular complexity index is 754. The van der Waals surface area contributed by atoms with Gasteiger partial charge >= 0.3 is 0 Å². The van der Waals surface area contributed by atoms with E-state index in [9.17, 15) is 0 Å². The standard InChI is InChI=1S/C21H32N4O2S.HI/c1-6-22-21(23-13-12-17-10-8-9-11-19(17)27-7-2)25(4)14-18-15-28-20(24-18)16(3)26-5;/h8-11,15-16H,6-7,12-14H2,1-5H3,(H,22,23);1H. The zero-order chi connectivity index (χ0) is 20.4. The van der Waals surface area contributed by atoms with Crippen LogP contribution >= 0.6 is 35.3 Å². The van der Waals surface area contributed by atoms with E-state index in [0.29, 0.717) is 19.7 Å². The Hall–Kier alpha value is -1.39. The van der Waals surface area contributed by atoms with Crippen LogP contribution in [-0.2, 0) is 17.7 Å². The first kappa shape index (κ1) is 25.6. The number of thiazole rings is 1. The predicted octanol–water partition coefficient (Wildman–Crippen LogP) is 4.51. The molecule has 162 valence electrons. The van der Waals surface area contributed by atoms with Crippen molar-refractivity contribution in [1.29, 1.82) is 0 Å². The van der Waals surface area contributed by atoms with E-state index in [-0.39, 0.29) is 30.1 Å². The van der Waals surface area contributed by atoms with E-state index in [1.807, 2.05) is 39.1 Å². The number of ether oxygens (including phenoxy) is 2. The van der Waals surface area contributed by atoms with Crippen molar-refractivity contribution in [3.8, 4) is 5.75 Å². The second kappa shape index (κ2) is 13.8. The Kier molecular flexibility index (Phi) is 12.2. The Morgan fingerprint density at radius 3 is 2.76 bits per heavy atom. The minimum absolute atomic E-state index is 0. The molecule has 1 unspecified atom stereocenters. The molecule has 1 aromatic heterocycles. The van der Waals surface area contributed by atoms with Crippen molar-refractivity contribution in [2.45, 2.75) is 39.8 Å². The van der Waals surface area contributed by atoms with Crippen LogP contribution in [-0.4, -0.2) is 49.7 Å². The van der Waals surface area contributed by atoms with Crippen molar-refractivity contribution in [1.82, 2.24) is 15.2 Å². The lowest BCUT2D eigenvalue weighted by atomic mass is 10.1. The molecule has 0 bridgehead atoms. The molecule has 0 amide bonds. The zero-order valence-corrected chi connectivity index (χ0v) is 21.1. The summed E-state index contributed by atoms with van der Waals surface area (Å²) in [5, 5.41) is 6.45. The van der Waals surface area contributed by atoms with Crippen molar-refractivity contribution in [3.05, 3.63) is 45.9 Å². The molecule has 0 aliphatic rings. The lowest BCUT2D eigenvalue weighted by molar-refractivity contribution is 0.119. The van der Waals surface area contributed by atoms with Gasteiger partial charge in [0.2, 0.25) is 0 Å². The number of rotatable bonds is 10. The van der Waals surface area contributed by atoms with Crippen LogP contribution < -0.4 is 10.1 Å². The Morgan fingerprint density at radius 1 is 1.31 bits per heavy atom. The maximum absolute atomic E-state index is 5.71. The molecule has 0 radical (unpaired) electrons. The minimum atomic E-state index is 0. The van der Waals surface area contributed by atoms with Crippen LogP contribution in [0.25, 0.3) is 0 Å². The number of hydrogen-bond donors (Lipinski definition) is 1. The number of nitrogens with one attached hydrogen (secondary N) is 1. The highest BCUT2D eigenvalue weighted by atomic mass is 127. The highest BCUT2D eigenvalue weighted by Gasteiger charge is 2.12. The smallest absolute Gasteiger partial charge is 0.194 e. The lowest BCUT2D eigenvalue weighted by Crippen LogP contribution is -2.38. The number of benzene rings is 1. The van der Waals surface area contributed by atoms with E-state index in [1.165, 1.54) is 5.56 Å². The molecule has 29 heavy (non-hydrogen) atoms. The first-order valence-corrected chi connectivity index (χ1v) is 10.6. The highest BCUT2D eigenvalue weighted by Crippen LogP contribution is 2.21. The number of nitrogens with zero attached hydrogens (tertiary/aromatic N) is 3. The highest BCUT2D eigenvalue weighted by molar-refractivity contribution is 14.0. The zero-order valence-electron chi connectivity index (χ0n) is 18.0. The SMILES string of the molecule is CCNC(=NCCc1ccccc1OCC)N(C)Cc1csc(C(C)OC)n1.I. The number of aliphatic imine (C=N–C) groups is 1. The summed E-state index contributed by atoms with van der Waals surface area (Å²) in [5.41, 5.74) is 2.21. The molecule has 2 rings (SSSR count). The molecular weight excluding hydrogens is 499 g/mol. The number of para-hydroxylation sites is 1. The molecule has 0 aliphatic heterocycles. The minimum Gasteiger partial charge on any atom is -0.494 e. The summed E-state index contributed by atoms with van der Waals surface area (Å²) >= 11 is 1.63. The van der Waals surface area contributed by atoms with Crippen LogP contribution in [0.1, 0.15) is 43.1 Å². The normalized spacial score (nSPS) is 12.2. The fourth-order valence-corrected chi connectivity index (χ4v) is 3.60. The average Bonchev–Trinajstić information content (AvgIpc) is 3.16. The van der Waals surface area contributed by atoms with Gasteiger partial charge in [-0.25, -0.2) is 4.98 Å². The number of methoxy groups -OCH3 is 1. The summed E-state index contributed by atoms with van der Waals surface area (Å²) in [6.07, 6.45) is 0.863. The molecule has 0 fully saturated rings. The van der Waals surface area contributed by atoms with Crippen molar-refractivity contribution in [3.63, 3.8) is 0 Å². The molecule has 1 aromatic carbocycles. The van der Waals surface area contributed by atoms with Crippen molar-refractivity contribution in [2.75, 3.05) is 33.9 Å². The monoisotopic (exact) mass is 532 g/mol. The molecule has 0 saturated carbocycles. The number of hydrogen-bond acceptors (Lipinski definition) is 5. The summed E-state index contributed by atoms with van der Waals surface area (Å²) in [6, 6.07) is 8.16. The molecule has 8 heteroatoms. The van der Waals surface area contributed by atoms with E-state index in [1.54, 1.807) is 18.4 Å². The molecule has 2 aromatic rings.